The lowest BCUT2D eigenvalue weighted by molar-refractivity contribution is 0.0917. The van der Waals surface area contributed by atoms with E-state index < -0.39 is 0 Å². The lowest BCUT2D eigenvalue weighted by Crippen LogP contribution is -2.30. The van der Waals surface area contributed by atoms with Crippen molar-refractivity contribution in [3.05, 3.63) is 17.5 Å². The molecule has 1 amide bonds. The Labute approximate surface area is 89.2 Å². The predicted octanol–water partition coefficient (Wildman–Crippen LogP) is 0.747. The second kappa shape index (κ2) is 5.50. The molecule has 84 valence electrons. The number of aromatic nitrogens is 1. The number of hydrogen-bond acceptors (Lipinski definition) is 4. The summed E-state index contributed by atoms with van der Waals surface area (Å²) in [5.41, 5.74) is 0.800. The molecule has 0 saturated carbocycles. The summed E-state index contributed by atoms with van der Waals surface area (Å²) in [4.78, 5) is 11.5. The van der Waals surface area contributed by atoms with Crippen LogP contribution >= 0.6 is 0 Å². The molecule has 0 aliphatic rings. The normalized spacial score (nSPS) is 10.7. The highest BCUT2D eigenvalue weighted by Gasteiger charge is 2.13. The number of nitrogens with zero attached hydrogens (tertiary/aromatic N) is 1. The quantitative estimate of drug-likeness (QED) is 0.705. The largest absolute Gasteiger partial charge is 0.351 e. The molecule has 0 saturated heterocycles. The zero-order chi connectivity index (χ0) is 11.3. The average Bonchev–Trinajstić information content (AvgIpc) is 2.66. The van der Waals surface area contributed by atoms with Crippen LogP contribution < -0.4 is 10.6 Å². The molecule has 1 heterocycles. The molecule has 0 bridgehead atoms. The number of nitrogens with one attached hydrogen (secondary N) is 2. The summed E-state index contributed by atoms with van der Waals surface area (Å²) >= 11 is 0. The molecule has 0 spiro atoms. The summed E-state index contributed by atoms with van der Waals surface area (Å²) in [7, 11) is 1.83. The van der Waals surface area contributed by atoms with Crippen molar-refractivity contribution in [2.75, 3.05) is 20.1 Å². The molecular formula is C10H17N3O2. The lowest BCUT2D eigenvalue weighted by atomic mass is 10.1. The highest BCUT2D eigenvalue weighted by molar-refractivity contribution is 5.91. The highest BCUT2D eigenvalue weighted by atomic mass is 16.5. The van der Waals surface area contributed by atoms with Gasteiger partial charge < -0.3 is 15.2 Å². The molecular weight excluding hydrogens is 194 g/mol. The fourth-order valence-electron chi connectivity index (χ4n) is 1.06. The Balaban J connectivity index is 2.51. The number of carbonyl (C=O) groups excluding carboxylic acids is 1. The number of amides is 1. The fourth-order valence-corrected chi connectivity index (χ4v) is 1.06. The van der Waals surface area contributed by atoms with Gasteiger partial charge in [-0.25, -0.2) is 0 Å². The third-order valence-electron chi connectivity index (χ3n) is 2.00. The molecule has 0 radical (unpaired) electrons. The number of likely N-dealkylation sites (N-methyl/N-ethyl adjacent to an activating group) is 1. The maximum Gasteiger partial charge on any atom is 0.289 e. The third kappa shape index (κ3) is 3.36. The minimum atomic E-state index is -0.218. The van der Waals surface area contributed by atoms with Crippen molar-refractivity contribution in [1.29, 1.82) is 0 Å². The highest BCUT2D eigenvalue weighted by Crippen LogP contribution is 2.13. The third-order valence-corrected chi connectivity index (χ3v) is 2.00. The molecule has 1 aromatic rings. The smallest absolute Gasteiger partial charge is 0.289 e. The van der Waals surface area contributed by atoms with Gasteiger partial charge in [-0.3, -0.25) is 4.79 Å². The first kappa shape index (κ1) is 11.7. The summed E-state index contributed by atoms with van der Waals surface area (Å²) < 4.78 is 4.94. The topological polar surface area (TPSA) is 67.2 Å². The number of hydrogen-bond donors (Lipinski definition) is 2. The van der Waals surface area contributed by atoms with Crippen molar-refractivity contribution in [1.82, 2.24) is 15.8 Å². The van der Waals surface area contributed by atoms with Gasteiger partial charge in [-0.15, -0.1) is 0 Å². The van der Waals surface area contributed by atoms with Crippen LogP contribution in [0.15, 0.2) is 10.6 Å². The fraction of sp³-hybridized carbons (Fsp3) is 0.600. The average molecular weight is 211 g/mol. The Bertz CT molecular complexity index is 320. The van der Waals surface area contributed by atoms with E-state index in [1.807, 2.05) is 20.9 Å². The van der Waals surface area contributed by atoms with E-state index in [4.69, 9.17) is 4.52 Å². The van der Waals surface area contributed by atoms with Crippen LogP contribution in [0.2, 0.25) is 0 Å². The molecule has 2 N–H and O–H groups in total. The summed E-state index contributed by atoms with van der Waals surface area (Å²) in [6.07, 6.45) is 0. The van der Waals surface area contributed by atoms with Crippen LogP contribution in [0.3, 0.4) is 0 Å². The van der Waals surface area contributed by atoms with Gasteiger partial charge in [0, 0.05) is 19.2 Å². The molecule has 5 heteroatoms. The second-order valence-electron chi connectivity index (χ2n) is 3.63. The van der Waals surface area contributed by atoms with Crippen molar-refractivity contribution in [3.8, 4) is 0 Å². The van der Waals surface area contributed by atoms with Crippen molar-refractivity contribution >= 4 is 5.91 Å². The number of carbonyl (C=O) groups is 1. The van der Waals surface area contributed by atoms with Gasteiger partial charge in [-0.2, -0.15) is 0 Å². The Hall–Kier alpha value is -1.36. The molecule has 0 unspecified atom stereocenters. The van der Waals surface area contributed by atoms with Crippen molar-refractivity contribution in [3.63, 3.8) is 0 Å². The van der Waals surface area contributed by atoms with E-state index in [0.29, 0.717) is 6.54 Å². The Morgan fingerprint density at radius 1 is 1.53 bits per heavy atom. The van der Waals surface area contributed by atoms with Crippen LogP contribution in [0.25, 0.3) is 0 Å². The Morgan fingerprint density at radius 3 is 2.80 bits per heavy atom. The predicted molar refractivity (Wildman–Crippen MR) is 56.9 cm³/mol. The van der Waals surface area contributed by atoms with E-state index in [0.717, 1.165) is 12.2 Å². The van der Waals surface area contributed by atoms with Crippen molar-refractivity contribution < 1.29 is 9.32 Å². The Morgan fingerprint density at radius 2 is 2.27 bits per heavy atom. The zero-order valence-electron chi connectivity index (χ0n) is 9.33. The van der Waals surface area contributed by atoms with Crippen LogP contribution in [-0.4, -0.2) is 31.2 Å². The minimum Gasteiger partial charge on any atom is -0.351 e. The van der Waals surface area contributed by atoms with Crippen molar-refractivity contribution in [2.45, 2.75) is 19.8 Å². The molecule has 0 fully saturated rings. The summed E-state index contributed by atoms with van der Waals surface area (Å²) in [5, 5.41) is 9.47. The molecule has 0 aliphatic heterocycles. The van der Waals surface area contributed by atoms with Crippen LogP contribution in [0, 0.1) is 0 Å². The summed E-state index contributed by atoms with van der Waals surface area (Å²) in [5.74, 6) is 0.326. The first-order chi connectivity index (χ1) is 7.15. The SMILES string of the molecule is CNCCNC(=O)c1cc(C(C)C)no1. The first-order valence-electron chi connectivity index (χ1n) is 5.04. The van der Waals surface area contributed by atoms with Crippen LogP contribution in [-0.2, 0) is 0 Å². The van der Waals surface area contributed by atoms with Crippen LogP contribution in [0.1, 0.15) is 36.0 Å². The molecule has 1 aromatic heterocycles. The molecule has 0 aliphatic carbocycles. The second-order valence-corrected chi connectivity index (χ2v) is 3.63. The maximum absolute atomic E-state index is 11.5. The Kier molecular flexibility index (Phi) is 4.30. The van der Waals surface area contributed by atoms with Crippen LogP contribution in [0.4, 0.5) is 0 Å². The van der Waals surface area contributed by atoms with Gasteiger partial charge in [0.15, 0.2) is 0 Å². The van der Waals surface area contributed by atoms with Gasteiger partial charge in [0.2, 0.25) is 5.76 Å². The summed E-state index contributed by atoms with van der Waals surface area (Å²) in [6, 6.07) is 1.68. The number of rotatable bonds is 5. The zero-order valence-corrected chi connectivity index (χ0v) is 9.33. The minimum absolute atomic E-state index is 0.218. The first-order valence-corrected chi connectivity index (χ1v) is 5.04. The van der Waals surface area contributed by atoms with Gasteiger partial charge in [0.25, 0.3) is 5.91 Å². The van der Waals surface area contributed by atoms with Gasteiger partial charge in [0.1, 0.15) is 0 Å². The van der Waals surface area contributed by atoms with Gasteiger partial charge in [0.05, 0.1) is 5.69 Å². The van der Waals surface area contributed by atoms with Gasteiger partial charge in [-0.05, 0) is 13.0 Å². The monoisotopic (exact) mass is 211 g/mol. The molecule has 15 heavy (non-hydrogen) atoms. The molecule has 5 nitrogen and oxygen atoms in total. The maximum atomic E-state index is 11.5. The van der Waals surface area contributed by atoms with Gasteiger partial charge >= 0.3 is 0 Å². The summed E-state index contributed by atoms with van der Waals surface area (Å²) in [6.45, 7) is 5.31. The van der Waals surface area contributed by atoms with E-state index in [2.05, 4.69) is 15.8 Å². The lowest BCUT2D eigenvalue weighted by Gasteiger charge is -2.00. The van der Waals surface area contributed by atoms with E-state index in [1.165, 1.54) is 0 Å². The van der Waals surface area contributed by atoms with E-state index in [-0.39, 0.29) is 17.6 Å². The molecule has 1 rings (SSSR count). The van der Waals surface area contributed by atoms with E-state index >= 15 is 0 Å². The van der Waals surface area contributed by atoms with Crippen molar-refractivity contribution in [2.24, 2.45) is 0 Å². The molecule has 0 aromatic carbocycles. The van der Waals surface area contributed by atoms with E-state index in [1.54, 1.807) is 6.07 Å². The standard InChI is InChI=1S/C10H17N3O2/c1-7(2)8-6-9(15-13-8)10(14)12-5-4-11-3/h6-7,11H,4-5H2,1-3H3,(H,12,14). The van der Waals surface area contributed by atoms with Gasteiger partial charge in [-0.1, -0.05) is 19.0 Å². The molecule has 0 atom stereocenters. The van der Waals surface area contributed by atoms with Crippen LogP contribution in [0.5, 0.6) is 0 Å². The van der Waals surface area contributed by atoms with E-state index in [9.17, 15) is 4.79 Å².